The van der Waals surface area contributed by atoms with E-state index in [1.165, 1.54) is 30.5 Å². The third-order valence-electron chi connectivity index (χ3n) is 5.60. The number of ether oxygens (including phenoxy) is 2. The summed E-state index contributed by atoms with van der Waals surface area (Å²) in [4.78, 5) is 27.6. The Hall–Kier alpha value is -4.91. The van der Waals surface area contributed by atoms with Gasteiger partial charge in [-0.15, -0.1) is 11.3 Å². The quantitative estimate of drug-likeness (QED) is 0.130. The summed E-state index contributed by atoms with van der Waals surface area (Å²) in [5, 5.41) is 17.8. The van der Waals surface area contributed by atoms with Gasteiger partial charge >= 0.3 is 12.1 Å². The molecule has 0 saturated heterocycles. The van der Waals surface area contributed by atoms with Crippen molar-refractivity contribution < 1.29 is 37.3 Å². The molecule has 4 aromatic rings. The van der Waals surface area contributed by atoms with Crippen molar-refractivity contribution in [2.75, 3.05) is 11.9 Å². The van der Waals surface area contributed by atoms with Gasteiger partial charge in [0.25, 0.3) is 0 Å². The van der Waals surface area contributed by atoms with Gasteiger partial charge in [0.05, 0.1) is 36.1 Å². The van der Waals surface area contributed by atoms with Gasteiger partial charge in [-0.1, -0.05) is 18.2 Å². The van der Waals surface area contributed by atoms with Crippen molar-refractivity contribution in [1.82, 2.24) is 10.4 Å². The second-order valence-corrected chi connectivity index (χ2v) is 9.61. The molecule has 42 heavy (non-hydrogen) atoms. The maximum Gasteiger partial charge on any atom is 0.416 e. The Balaban J connectivity index is 1.30. The third kappa shape index (κ3) is 8.54. The van der Waals surface area contributed by atoms with Crippen LogP contribution >= 0.6 is 11.3 Å². The van der Waals surface area contributed by atoms with E-state index >= 15 is 0 Å². The average Bonchev–Trinajstić information content (AvgIpc) is 3.39. The van der Waals surface area contributed by atoms with Crippen LogP contribution in [0.15, 0.2) is 77.2 Å². The molecule has 0 aliphatic carbocycles. The summed E-state index contributed by atoms with van der Waals surface area (Å²) in [5.41, 5.74) is 3.92. The van der Waals surface area contributed by atoms with Crippen LogP contribution in [0.5, 0.6) is 11.5 Å². The Morgan fingerprint density at radius 2 is 1.83 bits per heavy atom. The number of aromatic carboxylic acids is 1. The van der Waals surface area contributed by atoms with Gasteiger partial charge in [-0.05, 0) is 66.6 Å². The van der Waals surface area contributed by atoms with Crippen molar-refractivity contribution in [3.63, 3.8) is 0 Å². The van der Waals surface area contributed by atoms with Crippen molar-refractivity contribution in [3.05, 3.63) is 100 Å². The Labute approximate surface area is 242 Å². The van der Waals surface area contributed by atoms with Crippen LogP contribution in [0, 0.1) is 0 Å². The first-order valence-corrected chi connectivity index (χ1v) is 13.4. The van der Waals surface area contributed by atoms with Gasteiger partial charge in [-0.3, -0.25) is 4.79 Å². The van der Waals surface area contributed by atoms with Gasteiger partial charge in [-0.25, -0.2) is 15.2 Å². The minimum absolute atomic E-state index is 0.0808. The molecule has 3 N–H and O–H groups in total. The van der Waals surface area contributed by atoms with Crippen LogP contribution in [0.3, 0.4) is 0 Å². The summed E-state index contributed by atoms with van der Waals surface area (Å²) in [7, 11) is 0. The minimum atomic E-state index is -4.45. The standard InChI is InChI=1S/C29H25F3N4O5S/c1-2-40-25-12-19(8-11-24(25)41-16-18-6-9-20(10-7-18)27(38)39)15-33-36-26(37)14-23-17-42-28(35-23)34-22-5-3-4-21(13-22)29(30,31)32/h3-13,15,17H,2,14,16H2,1H3,(H,34,35)(H,36,37)(H,38,39)/b33-15-. The molecule has 4 rings (SSSR count). The molecule has 0 spiro atoms. The number of carboxylic acid groups (broad SMARTS) is 1. The van der Waals surface area contributed by atoms with Gasteiger partial charge in [0, 0.05) is 11.1 Å². The molecule has 3 aromatic carbocycles. The SMILES string of the molecule is CCOc1cc(/C=N\NC(=O)Cc2csc(Nc3cccc(C(F)(F)F)c3)n2)ccc1OCc1ccc(C(=O)O)cc1. The number of benzene rings is 3. The predicted molar refractivity (Wildman–Crippen MR) is 152 cm³/mol. The van der Waals surface area contributed by atoms with Crippen molar-refractivity contribution in [3.8, 4) is 11.5 Å². The number of nitrogens with one attached hydrogen (secondary N) is 2. The first kappa shape index (κ1) is 30.1. The van der Waals surface area contributed by atoms with Gasteiger partial charge in [0.2, 0.25) is 5.91 Å². The maximum absolute atomic E-state index is 12.9. The van der Waals surface area contributed by atoms with Crippen molar-refractivity contribution >= 4 is 40.2 Å². The molecule has 0 aliphatic heterocycles. The molecule has 1 aromatic heterocycles. The fourth-order valence-corrected chi connectivity index (χ4v) is 4.35. The molecular formula is C29H25F3N4O5S. The highest BCUT2D eigenvalue weighted by Gasteiger charge is 2.30. The van der Waals surface area contributed by atoms with Crippen LogP contribution in [0.2, 0.25) is 0 Å². The number of hydrogen-bond acceptors (Lipinski definition) is 8. The van der Waals surface area contributed by atoms with Crippen LogP contribution in [0.4, 0.5) is 24.0 Å². The van der Waals surface area contributed by atoms with E-state index in [1.54, 1.807) is 35.7 Å². The summed E-state index contributed by atoms with van der Waals surface area (Å²) in [5.74, 6) is -0.478. The second-order valence-electron chi connectivity index (χ2n) is 8.75. The number of carbonyl (C=O) groups excluding carboxylic acids is 1. The van der Waals surface area contributed by atoms with Gasteiger partial charge in [-0.2, -0.15) is 18.3 Å². The fourth-order valence-electron chi connectivity index (χ4n) is 3.62. The van der Waals surface area contributed by atoms with Crippen LogP contribution < -0.4 is 20.2 Å². The smallest absolute Gasteiger partial charge is 0.416 e. The zero-order chi connectivity index (χ0) is 30.1. The molecule has 1 amide bonds. The highest BCUT2D eigenvalue weighted by Crippen LogP contribution is 2.32. The largest absolute Gasteiger partial charge is 0.490 e. The summed E-state index contributed by atoms with van der Waals surface area (Å²) < 4.78 is 50.3. The normalized spacial score (nSPS) is 11.3. The van der Waals surface area contributed by atoms with Gasteiger partial charge in [0.1, 0.15) is 6.61 Å². The molecule has 9 nitrogen and oxygen atoms in total. The Morgan fingerprint density at radius 3 is 2.55 bits per heavy atom. The number of aromatic nitrogens is 1. The Morgan fingerprint density at radius 1 is 1.05 bits per heavy atom. The molecule has 0 unspecified atom stereocenters. The molecule has 0 fully saturated rings. The molecule has 0 aliphatic rings. The van der Waals surface area contributed by atoms with E-state index in [0.717, 1.165) is 29.0 Å². The monoisotopic (exact) mass is 598 g/mol. The summed E-state index contributed by atoms with van der Waals surface area (Å²) in [6.45, 7) is 2.42. The Kier molecular flexibility index (Phi) is 9.76. The van der Waals surface area contributed by atoms with E-state index in [4.69, 9.17) is 14.6 Å². The summed E-state index contributed by atoms with van der Waals surface area (Å²) >= 11 is 1.16. The highest BCUT2D eigenvalue weighted by atomic mass is 32.1. The van der Waals surface area contributed by atoms with Gasteiger partial charge in [0.15, 0.2) is 16.6 Å². The lowest BCUT2D eigenvalue weighted by atomic mass is 10.1. The number of amides is 1. The third-order valence-corrected chi connectivity index (χ3v) is 6.41. The van der Waals surface area contributed by atoms with Crippen LogP contribution in [-0.4, -0.2) is 34.8 Å². The molecule has 13 heteroatoms. The zero-order valence-electron chi connectivity index (χ0n) is 22.1. The van der Waals surface area contributed by atoms with Crippen molar-refractivity contribution in [1.29, 1.82) is 0 Å². The number of hydrogen-bond donors (Lipinski definition) is 3. The number of nitrogens with zero attached hydrogens (tertiary/aromatic N) is 2. The van der Waals surface area contributed by atoms with Crippen LogP contribution in [0.25, 0.3) is 0 Å². The number of carbonyl (C=O) groups is 2. The molecule has 218 valence electrons. The average molecular weight is 599 g/mol. The van der Waals surface area contributed by atoms with E-state index in [9.17, 15) is 22.8 Å². The first-order chi connectivity index (χ1) is 20.1. The van der Waals surface area contributed by atoms with E-state index < -0.39 is 23.6 Å². The molecule has 1 heterocycles. The van der Waals surface area contributed by atoms with E-state index in [2.05, 4.69) is 20.8 Å². The Bertz CT molecular complexity index is 1570. The summed E-state index contributed by atoms with van der Waals surface area (Å²) in [6, 6.07) is 16.2. The van der Waals surface area contributed by atoms with Gasteiger partial charge < -0.3 is 19.9 Å². The van der Waals surface area contributed by atoms with E-state index in [0.29, 0.717) is 34.5 Å². The minimum Gasteiger partial charge on any atom is -0.490 e. The second kappa shape index (κ2) is 13.6. The van der Waals surface area contributed by atoms with Crippen molar-refractivity contribution in [2.24, 2.45) is 5.10 Å². The number of rotatable bonds is 12. The molecule has 0 radical (unpaired) electrons. The lowest BCUT2D eigenvalue weighted by Gasteiger charge is -2.12. The highest BCUT2D eigenvalue weighted by molar-refractivity contribution is 7.13. The number of hydrazone groups is 1. The molecule has 0 atom stereocenters. The molecular weight excluding hydrogens is 573 g/mol. The molecule has 0 bridgehead atoms. The van der Waals surface area contributed by atoms with Crippen LogP contribution in [-0.2, 0) is 24.0 Å². The predicted octanol–water partition coefficient (Wildman–Crippen LogP) is 6.27. The topological polar surface area (TPSA) is 122 Å². The number of alkyl halides is 3. The number of halogens is 3. The lowest BCUT2D eigenvalue weighted by molar-refractivity contribution is -0.137. The maximum atomic E-state index is 12.9. The van der Waals surface area contributed by atoms with E-state index in [-0.39, 0.29) is 24.3 Å². The number of carboxylic acids is 1. The van der Waals surface area contributed by atoms with E-state index in [1.807, 2.05) is 6.92 Å². The number of thiazole rings is 1. The fraction of sp³-hybridized carbons (Fsp3) is 0.172. The first-order valence-electron chi connectivity index (χ1n) is 12.5. The van der Waals surface area contributed by atoms with Crippen LogP contribution in [0.1, 0.15) is 39.7 Å². The summed E-state index contributed by atoms with van der Waals surface area (Å²) in [6.07, 6.45) is -3.09. The zero-order valence-corrected chi connectivity index (χ0v) is 23.0. The van der Waals surface area contributed by atoms with Crippen molar-refractivity contribution in [2.45, 2.75) is 26.1 Å². The lowest BCUT2D eigenvalue weighted by Crippen LogP contribution is -2.19. The molecule has 0 saturated carbocycles. The number of anilines is 2.